The van der Waals surface area contributed by atoms with Gasteiger partial charge in [-0.05, 0) is 54.4 Å². The van der Waals surface area contributed by atoms with Crippen LogP contribution in [0.15, 0.2) is 35.7 Å². The minimum atomic E-state index is 0.120. The highest BCUT2D eigenvalue weighted by atomic mass is 32.1. The van der Waals surface area contributed by atoms with Crippen LogP contribution in [0.3, 0.4) is 0 Å². The molecule has 21 heavy (non-hydrogen) atoms. The lowest BCUT2D eigenvalue weighted by Crippen LogP contribution is -2.32. The van der Waals surface area contributed by atoms with Gasteiger partial charge < -0.3 is 10.1 Å². The molecule has 1 aliphatic rings. The Balaban J connectivity index is 1.96. The van der Waals surface area contributed by atoms with Crippen LogP contribution in [0.25, 0.3) is 0 Å². The molecule has 0 saturated carbocycles. The third-order valence-corrected chi connectivity index (χ3v) is 5.04. The van der Waals surface area contributed by atoms with E-state index in [1.54, 1.807) is 0 Å². The summed E-state index contributed by atoms with van der Waals surface area (Å²) in [6.07, 6.45) is 2.28. The smallest absolute Gasteiger partial charge is 0.102 e. The molecule has 1 aliphatic heterocycles. The molecule has 2 heterocycles. The second-order valence-corrected chi connectivity index (χ2v) is 6.72. The Hall–Kier alpha value is -1.16. The van der Waals surface area contributed by atoms with Crippen molar-refractivity contribution in [2.75, 3.05) is 13.2 Å². The molecular weight excluding hydrogens is 278 g/mol. The van der Waals surface area contributed by atoms with Gasteiger partial charge in [-0.1, -0.05) is 31.2 Å². The normalized spacial score (nSPS) is 19.2. The molecule has 0 aliphatic carbocycles. The predicted octanol–water partition coefficient (Wildman–Crippen LogP) is 4.41. The summed E-state index contributed by atoms with van der Waals surface area (Å²) in [6, 6.07) is 11.2. The first kappa shape index (κ1) is 14.8. The minimum Gasteiger partial charge on any atom is -0.371 e. The third-order valence-electron chi connectivity index (χ3n) is 4.18. The number of benzene rings is 1. The lowest BCUT2D eigenvalue weighted by Gasteiger charge is -2.33. The zero-order valence-electron chi connectivity index (χ0n) is 12.8. The van der Waals surface area contributed by atoms with Crippen LogP contribution in [0.1, 0.15) is 47.1 Å². The van der Waals surface area contributed by atoms with Crippen molar-refractivity contribution >= 4 is 11.3 Å². The van der Waals surface area contributed by atoms with Crippen LogP contribution in [0.2, 0.25) is 0 Å². The van der Waals surface area contributed by atoms with E-state index in [4.69, 9.17) is 4.74 Å². The molecule has 2 aromatic rings. The minimum absolute atomic E-state index is 0.120. The summed E-state index contributed by atoms with van der Waals surface area (Å²) in [5.41, 5.74) is 4.17. The quantitative estimate of drug-likeness (QED) is 0.883. The van der Waals surface area contributed by atoms with Gasteiger partial charge in [0.25, 0.3) is 0 Å². The summed E-state index contributed by atoms with van der Waals surface area (Å²) in [6.45, 7) is 6.24. The zero-order valence-corrected chi connectivity index (χ0v) is 13.6. The van der Waals surface area contributed by atoms with Gasteiger partial charge >= 0.3 is 0 Å². The van der Waals surface area contributed by atoms with Crippen molar-refractivity contribution < 1.29 is 4.74 Å². The van der Waals surface area contributed by atoms with Gasteiger partial charge in [-0.15, -0.1) is 11.3 Å². The summed E-state index contributed by atoms with van der Waals surface area (Å²) < 4.78 is 6.18. The molecule has 0 fully saturated rings. The molecule has 0 spiro atoms. The molecule has 0 amide bonds. The fourth-order valence-electron chi connectivity index (χ4n) is 3.10. The number of hydrogen-bond donors (Lipinski definition) is 1. The first-order valence-corrected chi connectivity index (χ1v) is 8.66. The Morgan fingerprint density at radius 2 is 2.19 bits per heavy atom. The van der Waals surface area contributed by atoms with E-state index in [1.807, 2.05) is 11.3 Å². The number of rotatable bonds is 5. The van der Waals surface area contributed by atoms with E-state index in [1.165, 1.54) is 21.6 Å². The maximum Gasteiger partial charge on any atom is 0.102 e. The van der Waals surface area contributed by atoms with Gasteiger partial charge in [0.1, 0.15) is 6.10 Å². The molecule has 1 N–H and O–H groups in total. The Morgan fingerprint density at radius 1 is 1.33 bits per heavy atom. The van der Waals surface area contributed by atoms with Crippen molar-refractivity contribution in [2.45, 2.75) is 38.8 Å². The predicted molar refractivity (Wildman–Crippen MR) is 88.9 cm³/mol. The molecule has 2 nitrogen and oxygen atoms in total. The summed E-state index contributed by atoms with van der Waals surface area (Å²) in [5.74, 6) is 0. The van der Waals surface area contributed by atoms with Crippen molar-refractivity contribution in [1.82, 2.24) is 5.32 Å². The topological polar surface area (TPSA) is 21.3 Å². The Bertz CT molecular complexity index is 592. The molecule has 2 unspecified atom stereocenters. The van der Waals surface area contributed by atoms with Crippen LogP contribution in [-0.4, -0.2) is 13.2 Å². The van der Waals surface area contributed by atoms with E-state index < -0.39 is 0 Å². The van der Waals surface area contributed by atoms with Crippen molar-refractivity contribution in [3.8, 4) is 0 Å². The van der Waals surface area contributed by atoms with Crippen LogP contribution < -0.4 is 5.32 Å². The number of aryl methyl sites for hydroxylation is 1. The van der Waals surface area contributed by atoms with Crippen molar-refractivity contribution in [1.29, 1.82) is 0 Å². The lowest BCUT2D eigenvalue weighted by molar-refractivity contribution is 0.0147. The van der Waals surface area contributed by atoms with E-state index in [0.29, 0.717) is 0 Å². The average molecular weight is 301 g/mol. The second-order valence-electron chi connectivity index (χ2n) is 5.60. The number of fused-ring (bicyclic) bond motifs is 1. The highest BCUT2D eigenvalue weighted by Gasteiger charge is 2.30. The molecule has 0 bridgehead atoms. The highest BCUT2D eigenvalue weighted by Crippen LogP contribution is 2.39. The molecule has 0 saturated heterocycles. The zero-order chi connectivity index (χ0) is 14.7. The van der Waals surface area contributed by atoms with Gasteiger partial charge in [0.2, 0.25) is 0 Å². The monoisotopic (exact) mass is 301 g/mol. The number of nitrogens with one attached hydrogen (secondary N) is 1. The maximum atomic E-state index is 6.18. The molecular formula is C18H23NOS. The molecule has 1 aromatic heterocycles. The summed E-state index contributed by atoms with van der Waals surface area (Å²) >= 11 is 1.82. The van der Waals surface area contributed by atoms with Gasteiger partial charge in [-0.3, -0.25) is 0 Å². The fraction of sp³-hybridized carbons (Fsp3) is 0.444. The molecule has 1 aromatic carbocycles. The van der Waals surface area contributed by atoms with Crippen LogP contribution in [0, 0.1) is 6.92 Å². The number of hydrogen-bond acceptors (Lipinski definition) is 3. The number of ether oxygens (including phenoxy) is 1. The van der Waals surface area contributed by atoms with Crippen LogP contribution in [-0.2, 0) is 11.2 Å². The lowest BCUT2D eigenvalue weighted by atomic mass is 9.90. The van der Waals surface area contributed by atoms with Crippen molar-refractivity contribution in [3.05, 3.63) is 57.3 Å². The van der Waals surface area contributed by atoms with Crippen LogP contribution in [0.4, 0.5) is 0 Å². The van der Waals surface area contributed by atoms with E-state index in [2.05, 4.69) is 54.9 Å². The third kappa shape index (κ3) is 3.05. The summed E-state index contributed by atoms with van der Waals surface area (Å²) in [5, 5.41) is 5.89. The van der Waals surface area contributed by atoms with Crippen LogP contribution in [0.5, 0.6) is 0 Å². The van der Waals surface area contributed by atoms with Gasteiger partial charge in [0.15, 0.2) is 0 Å². The second kappa shape index (κ2) is 6.73. The average Bonchev–Trinajstić information content (AvgIpc) is 2.94. The molecule has 3 rings (SSSR count). The Morgan fingerprint density at radius 3 is 2.95 bits per heavy atom. The van der Waals surface area contributed by atoms with Gasteiger partial charge in [0.05, 0.1) is 12.6 Å². The first-order valence-electron chi connectivity index (χ1n) is 7.78. The summed E-state index contributed by atoms with van der Waals surface area (Å²) in [7, 11) is 0. The summed E-state index contributed by atoms with van der Waals surface area (Å²) in [4.78, 5) is 1.38. The van der Waals surface area contributed by atoms with E-state index >= 15 is 0 Å². The van der Waals surface area contributed by atoms with Crippen LogP contribution >= 0.6 is 11.3 Å². The van der Waals surface area contributed by atoms with E-state index in [9.17, 15) is 0 Å². The van der Waals surface area contributed by atoms with E-state index in [0.717, 1.165) is 26.0 Å². The molecule has 112 valence electrons. The number of thiophene rings is 1. The highest BCUT2D eigenvalue weighted by molar-refractivity contribution is 7.10. The molecule has 3 heteroatoms. The van der Waals surface area contributed by atoms with Gasteiger partial charge in [-0.2, -0.15) is 0 Å². The molecule has 0 radical (unpaired) electrons. The van der Waals surface area contributed by atoms with Crippen molar-refractivity contribution in [2.24, 2.45) is 0 Å². The fourth-order valence-corrected chi connectivity index (χ4v) is 3.85. The Kier molecular flexibility index (Phi) is 4.73. The van der Waals surface area contributed by atoms with E-state index in [-0.39, 0.29) is 12.1 Å². The largest absolute Gasteiger partial charge is 0.371 e. The Labute approximate surface area is 131 Å². The maximum absolute atomic E-state index is 6.18. The SMILES string of the molecule is CCCNC(c1ccsc1C)C1OCCc2ccccc21. The standard InChI is InChI=1S/C18H23NOS/c1-3-10-19-17(15-9-12-21-13(15)2)18-16-7-5-4-6-14(16)8-11-20-18/h4-7,9,12,17-19H,3,8,10-11H2,1-2H3. The van der Waals surface area contributed by atoms with Gasteiger partial charge in [-0.25, -0.2) is 0 Å². The van der Waals surface area contributed by atoms with Crippen molar-refractivity contribution in [3.63, 3.8) is 0 Å². The molecule has 2 atom stereocenters. The first-order chi connectivity index (χ1) is 10.3. The van der Waals surface area contributed by atoms with Gasteiger partial charge in [0, 0.05) is 4.88 Å².